The van der Waals surface area contributed by atoms with Crippen LogP contribution in [0.25, 0.3) is 11.0 Å². The first-order valence-electron chi connectivity index (χ1n) is 13.9. The Balaban J connectivity index is 1.11. The van der Waals surface area contributed by atoms with Crippen LogP contribution in [0.2, 0.25) is 0 Å². The number of aromatic nitrogens is 5. The average Bonchev–Trinajstić information content (AvgIpc) is 3.43. The van der Waals surface area contributed by atoms with Crippen molar-refractivity contribution in [2.75, 3.05) is 36.0 Å². The van der Waals surface area contributed by atoms with E-state index < -0.39 is 0 Å². The Bertz CT molecular complexity index is 1280. The number of anilines is 1. The molecule has 7 nitrogen and oxygen atoms in total. The van der Waals surface area contributed by atoms with Gasteiger partial charge in [0.2, 0.25) is 0 Å². The summed E-state index contributed by atoms with van der Waals surface area (Å²) in [4.78, 5) is 10.1. The largest absolute Gasteiger partial charge is 0.366 e. The van der Waals surface area contributed by atoms with Crippen molar-refractivity contribution in [3.05, 3.63) is 34.9 Å². The molecule has 5 aliphatic rings. The van der Waals surface area contributed by atoms with Crippen molar-refractivity contribution >= 4 is 28.5 Å². The fourth-order valence-electron chi connectivity index (χ4n) is 7.79. The molecule has 3 aromatic rings. The van der Waals surface area contributed by atoms with Gasteiger partial charge in [0, 0.05) is 80.2 Å². The number of hydrogen-bond acceptors (Lipinski definition) is 6. The zero-order chi connectivity index (χ0) is 24.5. The van der Waals surface area contributed by atoms with Crippen molar-refractivity contribution in [2.45, 2.75) is 77.4 Å². The Morgan fingerprint density at radius 3 is 2.50 bits per heavy atom. The average molecular weight is 506 g/mol. The van der Waals surface area contributed by atoms with Crippen LogP contribution in [0, 0.1) is 19.3 Å². The van der Waals surface area contributed by atoms with E-state index in [2.05, 4.69) is 51.3 Å². The second kappa shape index (κ2) is 8.48. The SMILES string of the molecule is Cc1cc(N2CCc3c(c(C)nn3CC34CCC(N5CCSCC5)(CC3)CC4)C2)c2cnn(C)c2n1. The summed E-state index contributed by atoms with van der Waals surface area (Å²) in [5.74, 6) is 2.65. The Hall–Kier alpha value is -2.06. The number of nitrogens with zero attached hydrogens (tertiary/aromatic N) is 7. The summed E-state index contributed by atoms with van der Waals surface area (Å²) < 4.78 is 4.33. The monoisotopic (exact) mass is 505 g/mol. The third kappa shape index (κ3) is 3.62. The smallest absolute Gasteiger partial charge is 0.159 e. The zero-order valence-corrected chi connectivity index (χ0v) is 22.9. The summed E-state index contributed by atoms with van der Waals surface area (Å²) in [5, 5.41) is 10.8. The molecule has 1 saturated heterocycles. The van der Waals surface area contributed by atoms with Gasteiger partial charge in [-0.3, -0.25) is 14.3 Å². The molecule has 0 aromatic carbocycles. The number of pyridine rings is 1. The van der Waals surface area contributed by atoms with E-state index in [0.717, 1.165) is 42.8 Å². The van der Waals surface area contributed by atoms with Crippen molar-refractivity contribution in [3.63, 3.8) is 0 Å². The summed E-state index contributed by atoms with van der Waals surface area (Å²) in [6, 6.07) is 2.23. The Morgan fingerprint density at radius 2 is 1.75 bits per heavy atom. The van der Waals surface area contributed by atoms with Gasteiger partial charge in [-0.15, -0.1) is 0 Å². The van der Waals surface area contributed by atoms with E-state index >= 15 is 0 Å². The van der Waals surface area contributed by atoms with Crippen molar-refractivity contribution < 1.29 is 0 Å². The first-order valence-corrected chi connectivity index (χ1v) is 15.0. The summed E-state index contributed by atoms with van der Waals surface area (Å²) in [6.07, 6.45) is 11.4. The molecule has 3 aromatic heterocycles. The highest BCUT2D eigenvalue weighted by molar-refractivity contribution is 7.99. The first kappa shape index (κ1) is 23.1. The second-order valence-corrected chi connectivity index (χ2v) is 13.2. The minimum Gasteiger partial charge on any atom is -0.366 e. The lowest BCUT2D eigenvalue weighted by Crippen LogP contribution is -2.59. The molecule has 0 spiro atoms. The van der Waals surface area contributed by atoms with Crippen LogP contribution in [-0.2, 0) is 26.6 Å². The highest BCUT2D eigenvalue weighted by Gasteiger charge is 2.51. The maximum atomic E-state index is 5.16. The molecule has 4 fully saturated rings. The molecule has 5 heterocycles. The molecule has 2 aliphatic heterocycles. The van der Waals surface area contributed by atoms with Gasteiger partial charge in [0.05, 0.1) is 23.0 Å². The van der Waals surface area contributed by atoms with Gasteiger partial charge in [0.15, 0.2) is 5.65 Å². The topological polar surface area (TPSA) is 55.0 Å². The third-order valence-corrected chi connectivity index (χ3v) is 11.0. The Morgan fingerprint density at radius 1 is 1.00 bits per heavy atom. The lowest BCUT2D eigenvalue weighted by Gasteiger charge is -2.58. The van der Waals surface area contributed by atoms with E-state index in [0.29, 0.717) is 11.0 Å². The van der Waals surface area contributed by atoms with Gasteiger partial charge < -0.3 is 4.90 Å². The van der Waals surface area contributed by atoms with E-state index in [4.69, 9.17) is 10.1 Å². The molecule has 0 atom stereocenters. The standard InChI is InChI=1S/C28H39N7S/c1-20-16-25(22-17-29-32(3)26(22)30-20)33-11-4-24-23(18-33)21(2)31-35(24)19-27-5-8-28(9-6-27,10-7-27)34-12-14-36-15-13-34/h16-17H,4-15,18-19H2,1-3H3. The van der Waals surface area contributed by atoms with Gasteiger partial charge in [-0.25, -0.2) is 4.98 Å². The van der Waals surface area contributed by atoms with Gasteiger partial charge in [0.1, 0.15) is 0 Å². The first-order chi connectivity index (χ1) is 17.5. The highest BCUT2D eigenvalue weighted by atomic mass is 32.2. The van der Waals surface area contributed by atoms with Crippen molar-refractivity contribution in [3.8, 4) is 0 Å². The molecular weight excluding hydrogens is 466 g/mol. The van der Waals surface area contributed by atoms with Crippen LogP contribution in [0.5, 0.6) is 0 Å². The molecule has 3 aliphatic carbocycles. The lowest BCUT2D eigenvalue weighted by molar-refractivity contribution is -0.0590. The molecule has 0 amide bonds. The lowest BCUT2D eigenvalue weighted by atomic mass is 9.56. The molecule has 2 bridgehead atoms. The Labute approximate surface area is 218 Å². The predicted molar refractivity (Wildman–Crippen MR) is 147 cm³/mol. The number of aryl methyl sites for hydroxylation is 3. The molecule has 0 N–H and O–H groups in total. The minimum atomic E-state index is 0.458. The second-order valence-electron chi connectivity index (χ2n) is 12.0. The number of hydrogen-bond donors (Lipinski definition) is 0. The number of fused-ring (bicyclic) bond motifs is 5. The molecular formula is C28H39N7S. The third-order valence-electron chi connectivity index (χ3n) is 10.0. The molecule has 3 saturated carbocycles. The van der Waals surface area contributed by atoms with Crippen LogP contribution in [0.3, 0.4) is 0 Å². The van der Waals surface area contributed by atoms with Crippen molar-refractivity contribution in [1.82, 2.24) is 29.4 Å². The molecule has 0 unspecified atom stereocenters. The maximum absolute atomic E-state index is 5.16. The quantitative estimate of drug-likeness (QED) is 0.521. The van der Waals surface area contributed by atoms with Gasteiger partial charge in [-0.1, -0.05) is 0 Å². The maximum Gasteiger partial charge on any atom is 0.159 e. The van der Waals surface area contributed by atoms with E-state index in [1.165, 1.54) is 85.8 Å². The zero-order valence-electron chi connectivity index (χ0n) is 22.1. The molecule has 8 heteroatoms. The van der Waals surface area contributed by atoms with Gasteiger partial charge in [-0.05, 0) is 63.9 Å². The van der Waals surface area contributed by atoms with Crippen molar-refractivity contribution in [2.24, 2.45) is 12.5 Å². The van der Waals surface area contributed by atoms with Gasteiger partial charge in [0.25, 0.3) is 0 Å². The molecule has 192 valence electrons. The highest BCUT2D eigenvalue weighted by Crippen LogP contribution is 2.55. The summed E-state index contributed by atoms with van der Waals surface area (Å²) in [7, 11) is 1.98. The Kier molecular flexibility index (Phi) is 5.44. The van der Waals surface area contributed by atoms with Crippen LogP contribution < -0.4 is 4.90 Å². The fraction of sp³-hybridized carbons (Fsp3) is 0.679. The number of rotatable bonds is 4. The van der Waals surface area contributed by atoms with E-state index in [1.54, 1.807) is 0 Å². The minimum absolute atomic E-state index is 0.458. The van der Waals surface area contributed by atoms with Crippen LogP contribution in [0.4, 0.5) is 5.69 Å². The summed E-state index contributed by atoms with van der Waals surface area (Å²) in [5.41, 5.74) is 8.39. The van der Waals surface area contributed by atoms with Crippen molar-refractivity contribution in [1.29, 1.82) is 0 Å². The van der Waals surface area contributed by atoms with Crippen LogP contribution in [0.1, 0.15) is 61.2 Å². The normalized spacial score (nSPS) is 28.7. The van der Waals surface area contributed by atoms with Gasteiger partial charge in [-0.2, -0.15) is 22.0 Å². The summed E-state index contributed by atoms with van der Waals surface area (Å²) >= 11 is 2.14. The van der Waals surface area contributed by atoms with Crippen LogP contribution >= 0.6 is 11.8 Å². The molecule has 8 rings (SSSR count). The fourth-order valence-corrected chi connectivity index (χ4v) is 8.69. The summed E-state index contributed by atoms with van der Waals surface area (Å²) in [6.45, 7) is 9.99. The van der Waals surface area contributed by atoms with Crippen LogP contribution in [0.15, 0.2) is 12.3 Å². The van der Waals surface area contributed by atoms with Gasteiger partial charge >= 0.3 is 0 Å². The number of thioether (sulfide) groups is 1. The molecule has 0 radical (unpaired) electrons. The van der Waals surface area contributed by atoms with E-state index in [1.807, 2.05) is 17.9 Å². The van der Waals surface area contributed by atoms with E-state index in [-0.39, 0.29) is 0 Å². The van der Waals surface area contributed by atoms with E-state index in [9.17, 15) is 0 Å². The molecule has 36 heavy (non-hydrogen) atoms. The van der Waals surface area contributed by atoms with Crippen LogP contribution in [-0.4, -0.2) is 66.1 Å². The predicted octanol–water partition coefficient (Wildman–Crippen LogP) is 4.49.